The highest BCUT2D eigenvalue weighted by Crippen LogP contribution is 2.45. The molecule has 1 fully saturated rings. The van der Waals surface area contributed by atoms with Crippen LogP contribution in [0.2, 0.25) is 0 Å². The van der Waals surface area contributed by atoms with E-state index in [9.17, 15) is 4.79 Å². The molecule has 2 aromatic rings. The molecule has 0 radical (unpaired) electrons. The molecule has 3 atom stereocenters. The number of allylic oxidation sites excluding steroid dienone is 2. The second-order valence-electron chi connectivity index (χ2n) is 8.74. The highest BCUT2D eigenvalue weighted by Gasteiger charge is 2.50. The van der Waals surface area contributed by atoms with Crippen LogP contribution < -0.4 is 4.74 Å². The van der Waals surface area contributed by atoms with Crippen LogP contribution in [0.15, 0.2) is 88.4 Å². The van der Waals surface area contributed by atoms with Crippen molar-refractivity contribution in [2.45, 2.75) is 32.3 Å². The quantitative estimate of drug-likeness (QED) is 0.394. The average molecular weight is 477 g/mol. The number of amidine groups is 1. The maximum absolute atomic E-state index is 12.6. The molecule has 1 aliphatic carbocycles. The highest BCUT2D eigenvalue weighted by molar-refractivity contribution is 6.20. The number of ether oxygens (including phenoxy) is 2. The second-order valence-corrected chi connectivity index (χ2v) is 9.27. The lowest BCUT2D eigenvalue weighted by Crippen LogP contribution is -2.38. The van der Waals surface area contributed by atoms with Crippen molar-refractivity contribution in [1.82, 2.24) is 0 Å². The predicted molar refractivity (Wildman–Crippen MR) is 132 cm³/mol. The minimum Gasteiger partial charge on any atom is -0.489 e. The van der Waals surface area contributed by atoms with Gasteiger partial charge in [-0.25, -0.2) is 0 Å². The Bertz CT molecular complexity index is 1200. The molecule has 0 saturated heterocycles. The predicted octanol–water partition coefficient (Wildman–Crippen LogP) is 5.74. The average Bonchev–Trinajstić information content (AvgIpc) is 3.20. The lowest BCUT2D eigenvalue weighted by Gasteiger charge is -2.29. The standard InChI is InChI=1S/C27H27ClN3O3/c1-33-27(32)23-13-6-5-12-22(23)25-24-17-29-14-15-31(24,28)26(30-25)20-10-7-11-21(16-20)34-18-19-8-3-2-4-9-19/h2-4,7-11,14-17,22-23H,5-6,12-13,18H2,1H3/q+1. The largest absolute Gasteiger partial charge is 0.489 e. The summed E-state index contributed by atoms with van der Waals surface area (Å²) >= 11 is 7.19. The van der Waals surface area contributed by atoms with Crippen LogP contribution >= 0.6 is 11.8 Å². The van der Waals surface area contributed by atoms with Crippen molar-refractivity contribution in [3.8, 4) is 5.75 Å². The Labute approximate surface area is 204 Å². The molecular weight excluding hydrogens is 450 g/mol. The van der Waals surface area contributed by atoms with E-state index in [1.54, 1.807) is 12.4 Å². The fourth-order valence-corrected chi connectivity index (χ4v) is 5.27. The molecule has 34 heavy (non-hydrogen) atoms. The topological polar surface area (TPSA) is 60.2 Å². The Hall–Kier alpha value is -3.22. The number of rotatable bonds is 6. The summed E-state index contributed by atoms with van der Waals surface area (Å²) in [6, 6.07) is 17.9. The van der Waals surface area contributed by atoms with Gasteiger partial charge in [0, 0.05) is 5.92 Å². The second kappa shape index (κ2) is 9.57. The molecule has 2 heterocycles. The molecule has 0 amide bonds. The Morgan fingerprint density at radius 1 is 1.12 bits per heavy atom. The van der Waals surface area contributed by atoms with Gasteiger partial charge >= 0.3 is 5.97 Å². The van der Waals surface area contributed by atoms with E-state index in [2.05, 4.69) is 4.99 Å². The molecule has 2 aromatic carbocycles. The van der Waals surface area contributed by atoms with E-state index in [1.165, 1.54) is 7.11 Å². The van der Waals surface area contributed by atoms with Gasteiger partial charge in [0.15, 0.2) is 11.8 Å². The molecular formula is C27H27ClN3O3+. The van der Waals surface area contributed by atoms with Gasteiger partial charge in [0.25, 0.3) is 5.84 Å². The number of methoxy groups -OCH3 is 1. The SMILES string of the molecule is COC(=O)C1CCCCC1C1=C2C=NC=C[N+]2(Cl)C(c2cccc(OCc3ccccc3)c2)=N1. The van der Waals surface area contributed by atoms with Gasteiger partial charge < -0.3 is 9.47 Å². The summed E-state index contributed by atoms with van der Waals surface area (Å²) in [5.41, 5.74) is 3.57. The van der Waals surface area contributed by atoms with Gasteiger partial charge in [0.05, 0.1) is 31.0 Å². The third kappa shape index (κ3) is 4.19. The van der Waals surface area contributed by atoms with Gasteiger partial charge in [-0.05, 0) is 36.6 Å². The van der Waals surface area contributed by atoms with Crippen LogP contribution in [0.4, 0.5) is 0 Å². The lowest BCUT2D eigenvalue weighted by atomic mass is 9.77. The van der Waals surface area contributed by atoms with Crippen molar-refractivity contribution >= 4 is 29.8 Å². The Balaban J connectivity index is 1.48. The first-order valence-corrected chi connectivity index (χ1v) is 11.9. The maximum Gasteiger partial charge on any atom is 0.309 e. The maximum atomic E-state index is 12.6. The number of quaternary nitrogens is 1. The van der Waals surface area contributed by atoms with E-state index in [0.29, 0.717) is 12.4 Å². The summed E-state index contributed by atoms with van der Waals surface area (Å²) < 4.78 is 11.1. The third-order valence-corrected chi connectivity index (χ3v) is 7.12. The monoisotopic (exact) mass is 476 g/mol. The molecule has 0 aromatic heterocycles. The molecule has 3 aliphatic rings. The van der Waals surface area contributed by atoms with Crippen molar-refractivity contribution in [2.75, 3.05) is 7.11 Å². The van der Waals surface area contributed by atoms with E-state index in [4.69, 9.17) is 26.2 Å². The first-order chi connectivity index (χ1) is 16.6. The van der Waals surface area contributed by atoms with Crippen LogP contribution in [0.5, 0.6) is 5.75 Å². The van der Waals surface area contributed by atoms with Crippen LogP contribution in [0.1, 0.15) is 36.8 Å². The number of carbonyl (C=O) groups is 1. The molecule has 2 aliphatic heterocycles. The highest BCUT2D eigenvalue weighted by atomic mass is 35.5. The minimum absolute atomic E-state index is 0.0552. The van der Waals surface area contributed by atoms with Crippen LogP contribution in [-0.2, 0) is 16.1 Å². The number of esters is 1. The number of nitrogens with zero attached hydrogens (tertiary/aromatic N) is 3. The number of hydrogen-bond donors (Lipinski definition) is 0. The van der Waals surface area contributed by atoms with E-state index >= 15 is 0 Å². The fraction of sp³-hybridized carbons (Fsp3) is 0.296. The van der Waals surface area contributed by atoms with Crippen LogP contribution in [0, 0.1) is 11.8 Å². The number of halogens is 1. The number of fused-ring (bicyclic) bond motifs is 1. The summed E-state index contributed by atoms with van der Waals surface area (Å²) in [5.74, 6) is 0.943. The van der Waals surface area contributed by atoms with Gasteiger partial charge in [0.1, 0.15) is 24.3 Å². The smallest absolute Gasteiger partial charge is 0.309 e. The van der Waals surface area contributed by atoms with Gasteiger partial charge in [-0.2, -0.15) is 4.99 Å². The summed E-state index contributed by atoms with van der Waals surface area (Å²) in [4.78, 5) is 21.9. The van der Waals surface area contributed by atoms with Crippen molar-refractivity contribution in [1.29, 1.82) is 0 Å². The molecule has 0 bridgehead atoms. The van der Waals surface area contributed by atoms with Crippen molar-refractivity contribution in [3.05, 3.63) is 89.5 Å². The zero-order chi connectivity index (χ0) is 23.5. The van der Waals surface area contributed by atoms with Crippen LogP contribution in [-0.4, -0.2) is 29.1 Å². The summed E-state index contributed by atoms with van der Waals surface area (Å²) in [5, 5.41) is 0. The summed E-state index contributed by atoms with van der Waals surface area (Å²) in [7, 11) is 1.45. The molecule has 1 saturated carbocycles. The zero-order valence-corrected chi connectivity index (χ0v) is 19.8. The number of benzene rings is 2. The van der Waals surface area contributed by atoms with Gasteiger partial charge in [0.2, 0.25) is 5.70 Å². The van der Waals surface area contributed by atoms with Crippen molar-refractivity contribution in [2.24, 2.45) is 21.8 Å². The molecule has 0 N–H and O–H groups in total. The van der Waals surface area contributed by atoms with Gasteiger partial charge in [-0.15, -0.1) is 4.00 Å². The van der Waals surface area contributed by atoms with Gasteiger partial charge in [-0.1, -0.05) is 49.2 Å². The number of hydrogen-bond acceptors (Lipinski definition) is 5. The van der Waals surface area contributed by atoms with Crippen molar-refractivity contribution < 1.29 is 18.3 Å². The summed E-state index contributed by atoms with van der Waals surface area (Å²) in [6.45, 7) is 0.474. The zero-order valence-electron chi connectivity index (χ0n) is 19.1. The molecule has 174 valence electrons. The summed E-state index contributed by atoms with van der Waals surface area (Å²) in [6.07, 6.45) is 8.96. The Morgan fingerprint density at radius 2 is 1.94 bits per heavy atom. The molecule has 7 heteroatoms. The van der Waals surface area contributed by atoms with E-state index in [1.807, 2.05) is 60.8 Å². The minimum atomic E-state index is -0.227. The van der Waals surface area contributed by atoms with E-state index < -0.39 is 0 Å². The molecule has 6 nitrogen and oxygen atoms in total. The first kappa shape index (κ1) is 22.6. The molecule has 5 rings (SSSR count). The normalized spacial score (nSPS) is 25.6. The number of carbonyl (C=O) groups excluding carboxylic acids is 1. The lowest BCUT2D eigenvalue weighted by molar-refractivity contribution is -0.600. The molecule has 3 unspecified atom stereocenters. The fourth-order valence-electron chi connectivity index (χ4n) is 4.95. The van der Waals surface area contributed by atoms with Gasteiger partial charge in [-0.3, -0.25) is 9.79 Å². The van der Waals surface area contributed by atoms with Crippen LogP contribution in [0.25, 0.3) is 0 Å². The Morgan fingerprint density at radius 3 is 2.76 bits per heavy atom. The van der Waals surface area contributed by atoms with E-state index in [0.717, 1.165) is 54.0 Å². The number of aliphatic imine (C=N–C) groups is 2. The van der Waals surface area contributed by atoms with Crippen molar-refractivity contribution in [3.63, 3.8) is 0 Å². The van der Waals surface area contributed by atoms with Crippen LogP contribution in [0.3, 0.4) is 0 Å². The Kier molecular flexibility index (Phi) is 6.35. The molecule has 0 spiro atoms. The van der Waals surface area contributed by atoms with E-state index in [-0.39, 0.29) is 21.8 Å². The third-order valence-electron chi connectivity index (χ3n) is 6.66. The first-order valence-electron chi connectivity index (χ1n) is 11.6.